The summed E-state index contributed by atoms with van der Waals surface area (Å²) in [5.41, 5.74) is 0.614. The van der Waals surface area contributed by atoms with Crippen molar-refractivity contribution < 1.29 is 14.3 Å². The number of ketones is 1. The van der Waals surface area contributed by atoms with Gasteiger partial charge in [-0.15, -0.1) is 0 Å². The van der Waals surface area contributed by atoms with E-state index in [9.17, 15) is 9.59 Å². The molecule has 3 aliphatic rings. The molecule has 7 unspecified atom stereocenters. The number of methoxy groups -OCH3 is 1. The molecule has 3 saturated carbocycles. The molecule has 0 spiro atoms. The van der Waals surface area contributed by atoms with Crippen LogP contribution in [0.25, 0.3) is 0 Å². The summed E-state index contributed by atoms with van der Waals surface area (Å²) >= 11 is 0. The second-order valence-corrected chi connectivity index (χ2v) is 11.0. The predicted octanol–water partition coefficient (Wildman–Crippen LogP) is 6.58. The minimum atomic E-state index is -0.0918. The summed E-state index contributed by atoms with van der Waals surface area (Å²) in [6.07, 6.45) is 14.1. The topological polar surface area (TPSA) is 43.4 Å². The minimum absolute atomic E-state index is 0.0918. The summed E-state index contributed by atoms with van der Waals surface area (Å²) in [6, 6.07) is 0. The molecule has 3 aliphatic carbocycles. The molecule has 3 nitrogen and oxygen atoms in total. The lowest BCUT2D eigenvalue weighted by atomic mass is 9.48. The summed E-state index contributed by atoms with van der Waals surface area (Å²) in [7, 11) is 1.48. The number of ether oxygens (including phenoxy) is 1. The number of hydrogen-bond acceptors (Lipinski definition) is 3. The first-order valence-corrected chi connectivity index (χ1v) is 12.3. The Morgan fingerprint density at radius 2 is 1.62 bits per heavy atom. The third-order valence-electron chi connectivity index (χ3n) is 9.89. The third kappa shape index (κ3) is 4.17. The highest BCUT2D eigenvalue weighted by atomic mass is 16.5. The first-order valence-electron chi connectivity index (χ1n) is 12.3. The Labute approximate surface area is 178 Å². The van der Waals surface area contributed by atoms with Gasteiger partial charge in [-0.25, -0.2) is 0 Å². The van der Waals surface area contributed by atoms with Gasteiger partial charge in [-0.2, -0.15) is 0 Å². The van der Waals surface area contributed by atoms with Crippen LogP contribution in [0.15, 0.2) is 0 Å². The molecule has 3 rings (SSSR count). The van der Waals surface area contributed by atoms with E-state index in [1.54, 1.807) is 0 Å². The number of esters is 1. The van der Waals surface area contributed by atoms with Crippen LogP contribution >= 0.6 is 0 Å². The lowest BCUT2D eigenvalue weighted by Gasteiger charge is -2.56. The Hall–Kier alpha value is -0.860. The number of hydrogen-bond donors (Lipinski definition) is 0. The number of Topliss-reactive ketones (excluding diaryl/α,β-unsaturated/α-hetero) is 1. The fourth-order valence-corrected chi connectivity index (χ4v) is 8.21. The molecule has 0 aromatic carbocycles. The van der Waals surface area contributed by atoms with E-state index in [2.05, 4.69) is 20.8 Å². The van der Waals surface area contributed by atoms with E-state index in [0.29, 0.717) is 35.4 Å². The van der Waals surface area contributed by atoms with Crippen molar-refractivity contribution in [2.45, 2.75) is 105 Å². The second-order valence-electron chi connectivity index (χ2n) is 11.0. The molecule has 0 N–H and O–H groups in total. The maximum absolute atomic E-state index is 13.1. The van der Waals surface area contributed by atoms with Crippen LogP contribution in [0.2, 0.25) is 0 Å². The molecule has 0 aliphatic heterocycles. The number of fused-ring (bicyclic) bond motifs is 1. The number of rotatable bonds is 7. The highest BCUT2D eigenvalue weighted by Crippen LogP contribution is 2.65. The predicted molar refractivity (Wildman–Crippen MR) is 117 cm³/mol. The van der Waals surface area contributed by atoms with Crippen molar-refractivity contribution in [2.75, 3.05) is 7.11 Å². The molecule has 0 heterocycles. The van der Waals surface area contributed by atoms with Gasteiger partial charge in [0.1, 0.15) is 5.78 Å². The highest BCUT2D eigenvalue weighted by Gasteiger charge is 2.58. The van der Waals surface area contributed by atoms with Gasteiger partial charge < -0.3 is 4.74 Å². The largest absolute Gasteiger partial charge is 0.469 e. The highest BCUT2D eigenvalue weighted by molar-refractivity contribution is 5.79. The smallest absolute Gasteiger partial charge is 0.305 e. The fourth-order valence-electron chi connectivity index (χ4n) is 8.21. The number of carbonyl (C=O) groups is 2. The zero-order chi connectivity index (χ0) is 21.2. The van der Waals surface area contributed by atoms with Gasteiger partial charge in [-0.3, -0.25) is 9.59 Å². The Morgan fingerprint density at radius 1 is 0.931 bits per heavy atom. The summed E-state index contributed by atoms with van der Waals surface area (Å²) in [4.78, 5) is 24.6. The van der Waals surface area contributed by atoms with Crippen LogP contribution in [0.3, 0.4) is 0 Å². The van der Waals surface area contributed by atoms with E-state index >= 15 is 0 Å². The van der Waals surface area contributed by atoms with Gasteiger partial charge in [0, 0.05) is 12.3 Å². The van der Waals surface area contributed by atoms with Crippen molar-refractivity contribution in [2.24, 2.45) is 40.4 Å². The molecular formula is C26H44O3. The van der Waals surface area contributed by atoms with Crippen molar-refractivity contribution in [3.8, 4) is 0 Å². The molecule has 166 valence electrons. The monoisotopic (exact) mass is 404 g/mol. The minimum Gasteiger partial charge on any atom is -0.469 e. The summed E-state index contributed by atoms with van der Waals surface area (Å²) < 4.78 is 4.82. The van der Waals surface area contributed by atoms with Gasteiger partial charge in [-0.05, 0) is 92.8 Å². The maximum Gasteiger partial charge on any atom is 0.305 e. The van der Waals surface area contributed by atoms with Crippen molar-refractivity contribution in [3.05, 3.63) is 0 Å². The van der Waals surface area contributed by atoms with Gasteiger partial charge in [0.05, 0.1) is 7.11 Å². The van der Waals surface area contributed by atoms with Crippen LogP contribution in [0.5, 0.6) is 0 Å². The molecule has 29 heavy (non-hydrogen) atoms. The van der Waals surface area contributed by atoms with E-state index in [0.717, 1.165) is 18.8 Å². The van der Waals surface area contributed by atoms with Gasteiger partial charge >= 0.3 is 5.97 Å². The fraction of sp³-hybridized carbons (Fsp3) is 0.923. The SMILES string of the molecule is CCC1CCCCC1(C)C1CCC2(C)C(CCCC(=O)OC)CCC2C1C(C)=O. The molecular weight excluding hydrogens is 360 g/mol. The van der Waals surface area contributed by atoms with Gasteiger partial charge in [0.15, 0.2) is 0 Å². The van der Waals surface area contributed by atoms with Crippen molar-refractivity contribution in [1.29, 1.82) is 0 Å². The van der Waals surface area contributed by atoms with Gasteiger partial charge in [0.25, 0.3) is 0 Å². The van der Waals surface area contributed by atoms with Gasteiger partial charge in [0.2, 0.25) is 0 Å². The normalized spacial score (nSPS) is 42.3. The van der Waals surface area contributed by atoms with E-state index in [-0.39, 0.29) is 17.3 Å². The van der Waals surface area contributed by atoms with Crippen LogP contribution in [0, 0.1) is 40.4 Å². The summed E-state index contributed by atoms with van der Waals surface area (Å²) in [5, 5.41) is 0. The van der Waals surface area contributed by atoms with Crippen LogP contribution in [0.1, 0.15) is 105 Å². The third-order valence-corrected chi connectivity index (χ3v) is 9.89. The zero-order valence-electron chi connectivity index (χ0n) is 19.6. The molecule has 7 atom stereocenters. The second kappa shape index (κ2) is 9.10. The van der Waals surface area contributed by atoms with Crippen LogP contribution < -0.4 is 0 Å². The summed E-state index contributed by atoms with van der Waals surface area (Å²) in [5.74, 6) is 3.14. The molecule has 3 fully saturated rings. The maximum atomic E-state index is 13.1. The molecule has 0 radical (unpaired) electrons. The van der Waals surface area contributed by atoms with Gasteiger partial charge in [-0.1, -0.05) is 40.0 Å². The van der Waals surface area contributed by atoms with Crippen molar-refractivity contribution >= 4 is 11.8 Å². The molecule has 0 bridgehead atoms. The molecule has 3 heteroatoms. The standard InChI is InChI=1S/C26H44O3/c1-6-19-10-7-8-16-25(19,3)22-15-17-26(4)20(11-9-12-23(28)29-5)13-14-21(26)24(22)18(2)27/h19-22,24H,6-17H2,1-5H3. The van der Waals surface area contributed by atoms with E-state index in [1.807, 2.05) is 6.92 Å². The van der Waals surface area contributed by atoms with E-state index in [1.165, 1.54) is 64.9 Å². The molecule has 0 aromatic heterocycles. The molecule has 0 aromatic rings. The average Bonchev–Trinajstić information content (AvgIpc) is 3.03. The molecule has 0 saturated heterocycles. The lowest BCUT2D eigenvalue weighted by molar-refractivity contribution is -0.140. The van der Waals surface area contributed by atoms with Crippen LogP contribution in [0.4, 0.5) is 0 Å². The van der Waals surface area contributed by atoms with Crippen LogP contribution in [-0.2, 0) is 14.3 Å². The van der Waals surface area contributed by atoms with Crippen molar-refractivity contribution in [3.63, 3.8) is 0 Å². The Bertz CT molecular complexity index is 599. The van der Waals surface area contributed by atoms with Crippen LogP contribution in [-0.4, -0.2) is 18.9 Å². The van der Waals surface area contributed by atoms with Crippen molar-refractivity contribution in [1.82, 2.24) is 0 Å². The first kappa shape index (κ1) is 22.8. The molecule has 0 amide bonds. The van der Waals surface area contributed by atoms with E-state index in [4.69, 9.17) is 4.74 Å². The zero-order valence-corrected chi connectivity index (χ0v) is 19.6. The quantitative estimate of drug-likeness (QED) is 0.450. The Balaban J connectivity index is 1.78. The average molecular weight is 405 g/mol. The summed E-state index contributed by atoms with van der Waals surface area (Å²) in [6.45, 7) is 9.24. The Kier molecular flexibility index (Phi) is 7.16. The Morgan fingerprint density at radius 3 is 2.28 bits per heavy atom. The lowest BCUT2D eigenvalue weighted by Crippen LogP contribution is -2.51. The van der Waals surface area contributed by atoms with E-state index < -0.39 is 0 Å². The first-order chi connectivity index (χ1) is 13.8. The number of carbonyl (C=O) groups excluding carboxylic acids is 2.